The minimum absolute atomic E-state index is 0.00117. The topological polar surface area (TPSA) is 36.1 Å². The molecule has 0 saturated carbocycles. The number of para-hydroxylation sites is 1. The van der Waals surface area contributed by atoms with E-state index in [4.69, 9.17) is 0 Å². The van der Waals surface area contributed by atoms with Crippen molar-refractivity contribution in [2.45, 2.75) is 12.0 Å². The third kappa shape index (κ3) is 2.00. The number of halogens is 1. The monoisotopic (exact) mass is 368 g/mol. The van der Waals surface area contributed by atoms with Crippen LogP contribution in [0.3, 0.4) is 0 Å². The van der Waals surface area contributed by atoms with Gasteiger partial charge in [-0.15, -0.1) is 0 Å². The number of carbonyl (C=O) groups is 1. The van der Waals surface area contributed by atoms with Crippen molar-refractivity contribution in [2.75, 3.05) is 6.54 Å². The van der Waals surface area contributed by atoms with Crippen LogP contribution in [-0.2, 0) is 0 Å². The number of H-pyrrole nitrogens is 1. The van der Waals surface area contributed by atoms with Gasteiger partial charge in [0.15, 0.2) is 0 Å². The maximum absolute atomic E-state index is 13.5. The summed E-state index contributed by atoms with van der Waals surface area (Å²) < 4.78 is 13.5. The van der Waals surface area contributed by atoms with Gasteiger partial charge in [-0.1, -0.05) is 48.5 Å². The van der Waals surface area contributed by atoms with Crippen molar-refractivity contribution < 1.29 is 9.18 Å². The quantitative estimate of drug-likeness (QED) is 0.504. The van der Waals surface area contributed by atoms with Gasteiger partial charge in [0.2, 0.25) is 0 Å². The lowest BCUT2D eigenvalue weighted by Crippen LogP contribution is -2.37. The number of aromatic nitrogens is 1. The van der Waals surface area contributed by atoms with E-state index in [0.717, 1.165) is 27.9 Å². The first-order valence-electron chi connectivity index (χ1n) is 9.48. The smallest absolute Gasteiger partial charge is 0.255 e. The Hall–Kier alpha value is -3.40. The van der Waals surface area contributed by atoms with Crippen molar-refractivity contribution >= 4 is 16.8 Å². The number of benzene rings is 3. The number of carbonyl (C=O) groups excluding carboxylic acids is 1. The zero-order valence-electron chi connectivity index (χ0n) is 15.0. The largest absolute Gasteiger partial charge is 0.356 e. The van der Waals surface area contributed by atoms with E-state index < -0.39 is 0 Å². The van der Waals surface area contributed by atoms with E-state index in [1.54, 1.807) is 0 Å². The van der Waals surface area contributed by atoms with Gasteiger partial charge >= 0.3 is 0 Å². The van der Waals surface area contributed by atoms with E-state index in [0.29, 0.717) is 6.54 Å². The Morgan fingerprint density at radius 3 is 2.54 bits per heavy atom. The van der Waals surface area contributed by atoms with Crippen molar-refractivity contribution in [1.82, 2.24) is 9.88 Å². The van der Waals surface area contributed by atoms with E-state index >= 15 is 0 Å². The van der Waals surface area contributed by atoms with Crippen LogP contribution < -0.4 is 0 Å². The molecule has 0 radical (unpaired) electrons. The summed E-state index contributed by atoms with van der Waals surface area (Å²) >= 11 is 0. The van der Waals surface area contributed by atoms with E-state index in [2.05, 4.69) is 17.1 Å². The Kier molecular flexibility index (Phi) is 3.10. The summed E-state index contributed by atoms with van der Waals surface area (Å²) in [5.41, 5.74) is 6.20. The molecule has 3 nitrogen and oxygen atoms in total. The van der Waals surface area contributed by atoms with Crippen LogP contribution in [0.15, 0.2) is 72.8 Å². The lowest BCUT2D eigenvalue weighted by Gasteiger charge is -2.36. The number of fused-ring (bicyclic) bond motifs is 7. The highest BCUT2D eigenvalue weighted by atomic mass is 19.1. The molecule has 1 N–H and O–H groups in total. The number of rotatable bonds is 1. The first-order valence-corrected chi connectivity index (χ1v) is 9.48. The Morgan fingerprint density at radius 1 is 0.929 bits per heavy atom. The van der Waals surface area contributed by atoms with Gasteiger partial charge < -0.3 is 9.88 Å². The summed E-state index contributed by atoms with van der Waals surface area (Å²) in [6.07, 6.45) is 0. The summed E-state index contributed by atoms with van der Waals surface area (Å²) in [6.45, 7) is 0.582. The summed E-state index contributed by atoms with van der Waals surface area (Å²) in [4.78, 5) is 18.7. The van der Waals surface area contributed by atoms with Crippen LogP contribution in [0.4, 0.5) is 4.39 Å². The van der Waals surface area contributed by atoms with Crippen molar-refractivity contribution in [3.8, 4) is 0 Å². The number of hydrogen-bond acceptors (Lipinski definition) is 1. The molecular formula is C24H17FN2O. The third-order valence-electron chi connectivity index (χ3n) is 6.11. The van der Waals surface area contributed by atoms with Gasteiger partial charge in [-0.2, -0.15) is 0 Å². The maximum Gasteiger partial charge on any atom is 0.255 e. The third-order valence-corrected chi connectivity index (χ3v) is 6.11. The van der Waals surface area contributed by atoms with Gasteiger partial charge in [-0.05, 0) is 41.0 Å². The molecule has 6 rings (SSSR count). The summed E-state index contributed by atoms with van der Waals surface area (Å²) in [7, 11) is 0. The number of nitrogens with zero attached hydrogens (tertiary/aromatic N) is 1. The molecule has 4 heteroatoms. The van der Waals surface area contributed by atoms with Gasteiger partial charge in [0.05, 0.1) is 6.04 Å². The average molecular weight is 368 g/mol. The second kappa shape index (κ2) is 5.55. The van der Waals surface area contributed by atoms with Gasteiger partial charge in [0.1, 0.15) is 5.82 Å². The normalized spacial score (nSPS) is 20.2. The molecular weight excluding hydrogens is 351 g/mol. The summed E-state index contributed by atoms with van der Waals surface area (Å²) in [5, 5.41) is 1.17. The number of amides is 1. The molecule has 3 heterocycles. The van der Waals surface area contributed by atoms with E-state index in [-0.39, 0.29) is 23.7 Å². The molecule has 28 heavy (non-hydrogen) atoms. The van der Waals surface area contributed by atoms with Gasteiger partial charge in [-0.25, -0.2) is 4.39 Å². The lowest BCUT2D eigenvalue weighted by atomic mass is 9.83. The van der Waals surface area contributed by atoms with E-state index in [1.807, 2.05) is 53.4 Å². The summed E-state index contributed by atoms with van der Waals surface area (Å²) in [6, 6.07) is 22.7. The van der Waals surface area contributed by atoms with Crippen LogP contribution >= 0.6 is 0 Å². The Labute approximate surface area is 161 Å². The van der Waals surface area contributed by atoms with Crippen LogP contribution in [0.1, 0.15) is 44.7 Å². The van der Waals surface area contributed by atoms with Gasteiger partial charge in [-0.3, -0.25) is 4.79 Å². The fraction of sp³-hybridized carbons (Fsp3) is 0.125. The molecule has 0 unspecified atom stereocenters. The van der Waals surface area contributed by atoms with Crippen molar-refractivity contribution in [3.63, 3.8) is 0 Å². The second-order valence-electron chi connectivity index (χ2n) is 7.55. The van der Waals surface area contributed by atoms with Crippen LogP contribution in [0.2, 0.25) is 0 Å². The predicted octanol–water partition coefficient (Wildman–Crippen LogP) is 5.00. The highest BCUT2D eigenvalue weighted by molar-refractivity contribution is 6.01. The Morgan fingerprint density at radius 2 is 1.68 bits per heavy atom. The molecule has 0 fully saturated rings. The average Bonchev–Trinajstić information content (AvgIpc) is 3.25. The van der Waals surface area contributed by atoms with E-state index in [9.17, 15) is 9.18 Å². The highest BCUT2D eigenvalue weighted by Gasteiger charge is 2.45. The number of aromatic amines is 1. The summed E-state index contributed by atoms with van der Waals surface area (Å²) in [5.74, 6) is -0.181. The van der Waals surface area contributed by atoms with Gasteiger partial charge in [0.25, 0.3) is 5.91 Å². The van der Waals surface area contributed by atoms with Crippen molar-refractivity contribution in [1.29, 1.82) is 0 Å². The van der Waals surface area contributed by atoms with Crippen LogP contribution in [0, 0.1) is 5.82 Å². The maximum atomic E-state index is 13.5. The van der Waals surface area contributed by atoms with Crippen LogP contribution in [0.25, 0.3) is 10.9 Å². The molecule has 2 aliphatic heterocycles. The molecule has 3 aromatic carbocycles. The minimum atomic E-state index is -0.249. The van der Waals surface area contributed by atoms with Crippen molar-refractivity contribution in [2.24, 2.45) is 0 Å². The van der Waals surface area contributed by atoms with Crippen molar-refractivity contribution in [3.05, 3.63) is 107 Å². The predicted molar refractivity (Wildman–Crippen MR) is 106 cm³/mol. The van der Waals surface area contributed by atoms with Gasteiger partial charge in [0, 0.05) is 34.6 Å². The molecule has 0 bridgehead atoms. The van der Waals surface area contributed by atoms with E-state index in [1.165, 1.54) is 23.1 Å². The number of nitrogens with one attached hydrogen (secondary N) is 1. The first-order chi connectivity index (χ1) is 13.7. The molecule has 4 aromatic rings. The molecule has 1 amide bonds. The molecule has 136 valence electrons. The standard InChI is InChI=1S/C24H17FN2O/c25-15-11-9-14(10-12-15)19-13-27-23(16-5-1-2-6-17(16)24(27)28)22-21(19)18-7-3-4-8-20(18)26-22/h1-12,19,23,26H,13H2/t19-,23+/m1/s1. The second-order valence-corrected chi connectivity index (χ2v) is 7.55. The zero-order valence-corrected chi connectivity index (χ0v) is 15.0. The molecule has 0 aliphatic carbocycles. The molecule has 2 atom stereocenters. The Balaban J connectivity index is 1.63. The fourth-order valence-corrected chi connectivity index (χ4v) is 4.90. The zero-order chi connectivity index (χ0) is 18.8. The van der Waals surface area contributed by atoms with Crippen LogP contribution in [0.5, 0.6) is 0 Å². The number of hydrogen-bond donors (Lipinski definition) is 1. The molecule has 0 saturated heterocycles. The highest BCUT2D eigenvalue weighted by Crippen LogP contribution is 2.49. The first kappa shape index (κ1) is 15.6. The molecule has 2 aliphatic rings. The molecule has 0 spiro atoms. The fourth-order valence-electron chi connectivity index (χ4n) is 4.90. The molecule has 1 aromatic heterocycles. The van der Waals surface area contributed by atoms with Crippen LogP contribution in [-0.4, -0.2) is 22.3 Å². The SMILES string of the molecule is O=C1c2ccccc2[C@H]2c3[nH]c4ccccc4c3[C@@H](c3ccc(F)cc3)CN12. The lowest BCUT2D eigenvalue weighted by molar-refractivity contribution is 0.0727. The Bertz CT molecular complexity index is 1240. The minimum Gasteiger partial charge on any atom is -0.356 e.